The van der Waals surface area contributed by atoms with Crippen molar-refractivity contribution in [3.8, 4) is 11.3 Å². The molecule has 3 aromatic heterocycles. The Labute approximate surface area is 161 Å². The summed E-state index contributed by atoms with van der Waals surface area (Å²) in [7, 11) is 0. The number of amides is 3. The van der Waals surface area contributed by atoms with E-state index in [2.05, 4.69) is 32.5 Å². The number of aryl methyl sites for hydroxylation is 1. The molecule has 0 saturated carbocycles. The molecule has 0 radical (unpaired) electrons. The summed E-state index contributed by atoms with van der Waals surface area (Å²) in [5.74, 6) is 0.0117. The second kappa shape index (κ2) is 7.87. The summed E-state index contributed by atoms with van der Waals surface area (Å²) in [5.41, 5.74) is 14.0. The largest absolute Gasteiger partial charge is 0.383 e. The standard InChI is InChI=1S/C19H21N7O2/c1-3-11-4-5-22-8-13(11)15-6-12-7-16(23-9-14(12)17(20)25-15)26-19(28)24-10(2)18(21)27/h4-10H,3H2,1-2H3,(H2,20,25)(H2,21,27)(H2,23,24,26,28)/t10-/m1/s1. The highest BCUT2D eigenvalue weighted by atomic mass is 16.2. The number of aromatic nitrogens is 3. The van der Waals surface area contributed by atoms with Crippen LogP contribution in [0.15, 0.2) is 36.8 Å². The lowest BCUT2D eigenvalue weighted by atomic mass is 10.0. The number of fused-ring (bicyclic) bond motifs is 1. The molecule has 28 heavy (non-hydrogen) atoms. The fraction of sp³-hybridized carbons (Fsp3) is 0.211. The third kappa shape index (κ3) is 3.98. The molecule has 3 amide bonds. The molecule has 0 saturated heterocycles. The van der Waals surface area contributed by atoms with Crippen molar-refractivity contribution >= 4 is 34.3 Å². The van der Waals surface area contributed by atoms with E-state index in [0.717, 1.165) is 22.9 Å². The Kier molecular flexibility index (Phi) is 5.35. The number of carbonyl (C=O) groups excluding carboxylic acids is 2. The van der Waals surface area contributed by atoms with Crippen molar-refractivity contribution in [3.05, 3.63) is 42.4 Å². The van der Waals surface area contributed by atoms with E-state index in [4.69, 9.17) is 11.5 Å². The average Bonchev–Trinajstić information content (AvgIpc) is 2.67. The second-order valence-electron chi connectivity index (χ2n) is 6.29. The minimum Gasteiger partial charge on any atom is -0.383 e. The third-order valence-corrected chi connectivity index (χ3v) is 4.33. The van der Waals surface area contributed by atoms with Gasteiger partial charge in [0.1, 0.15) is 17.7 Å². The first kappa shape index (κ1) is 19.0. The van der Waals surface area contributed by atoms with Crippen molar-refractivity contribution in [1.82, 2.24) is 20.3 Å². The maximum Gasteiger partial charge on any atom is 0.321 e. The van der Waals surface area contributed by atoms with Crippen LogP contribution < -0.4 is 22.1 Å². The van der Waals surface area contributed by atoms with E-state index in [0.29, 0.717) is 22.7 Å². The number of urea groups is 1. The SMILES string of the molecule is CCc1ccncc1-c1cc2cc(NC(=O)N[C@H](C)C(N)=O)ncc2c(N)n1. The molecule has 0 spiro atoms. The van der Waals surface area contributed by atoms with Gasteiger partial charge in [-0.15, -0.1) is 0 Å². The highest BCUT2D eigenvalue weighted by molar-refractivity contribution is 5.97. The number of nitrogens with two attached hydrogens (primary N) is 2. The fourth-order valence-corrected chi connectivity index (χ4v) is 2.76. The minimum absolute atomic E-state index is 0.306. The molecule has 0 fully saturated rings. The van der Waals surface area contributed by atoms with E-state index in [1.165, 1.54) is 6.92 Å². The first-order chi connectivity index (χ1) is 13.4. The highest BCUT2D eigenvalue weighted by Gasteiger charge is 2.14. The number of pyridine rings is 3. The number of hydrogen-bond acceptors (Lipinski definition) is 6. The molecule has 6 N–H and O–H groups in total. The van der Waals surface area contributed by atoms with Gasteiger partial charge in [-0.25, -0.2) is 14.8 Å². The summed E-state index contributed by atoms with van der Waals surface area (Å²) in [6, 6.07) is 4.12. The summed E-state index contributed by atoms with van der Waals surface area (Å²) >= 11 is 0. The van der Waals surface area contributed by atoms with Gasteiger partial charge in [-0.05, 0) is 42.5 Å². The molecule has 9 nitrogen and oxygen atoms in total. The number of anilines is 2. The average molecular weight is 379 g/mol. The molecular weight excluding hydrogens is 358 g/mol. The molecule has 144 valence electrons. The minimum atomic E-state index is -0.801. The van der Waals surface area contributed by atoms with E-state index in [1.807, 2.05) is 12.1 Å². The lowest BCUT2D eigenvalue weighted by Gasteiger charge is -2.12. The number of nitrogen functional groups attached to an aromatic ring is 1. The number of nitrogens with one attached hydrogen (secondary N) is 2. The summed E-state index contributed by atoms with van der Waals surface area (Å²) in [5, 5.41) is 6.44. The number of carbonyl (C=O) groups is 2. The van der Waals surface area contributed by atoms with Gasteiger partial charge in [0.25, 0.3) is 0 Å². The zero-order valence-electron chi connectivity index (χ0n) is 15.6. The number of hydrogen-bond donors (Lipinski definition) is 4. The Bertz CT molecular complexity index is 1050. The molecule has 0 aliphatic heterocycles. The van der Waals surface area contributed by atoms with Crippen molar-refractivity contribution < 1.29 is 9.59 Å². The molecule has 1 atom stereocenters. The van der Waals surface area contributed by atoms with Crippen LogP contribution in [0.2, 0.25) is 0 Å². The van der Waals surface area contributed by atoms with E-state index in [-0.39, 0.29) is 0 Å². The molecule has 9 heteroatoms. The molecule has 0 bridgehead atoms. The van der Waals surface area contributed by atoms with E-state index >= 15 is 0 Å². The van der Waals surface area contributed by atoms with Crippen LogP contribution >= 0.6 is 0 Å². The van der Waals surface area contributed by atoms with Crippen molar-refractivity contribution in [2.24, 2.45) is 5.73 Å². The predicted molar refractivity (Wildman–Crippen MR) is 107 cm³/mol. The van der Waals surface area contributed by atoms with Crippen LogP contribution in [0.1, 0.15) is 19.4 Å². The summed E-state index contributed by atoms with van der Waals surface area (Å²) in [4.78, 5) is 35.9. The van der Waals surface area contributed by atoms with Gasteiger partial charge in [0.05, 0.1) is 5.69 Å². The van der Waals surface area contributed by atoms with Gasteiger partial charge in [0.15, 0.2) is 0 Å². The van der Waals surface area contributed by atoms with Crippen LogP contribution in [0.5, 0.6) is 0 Å². The van der Waals surface area contributed by atoms with Gasteiger partial charge >= 0.3 is 6.03 Å². The fourth-order valence-electron chi connectivity index (χ4n) is 2.76. The van der Waals surface area contributed by atoms with Gasteiger partial charge < -0.3 is 16.8 Å². The maximum atomic E-state index is 12.0. The highest BCUT2D eigenvalue weighted by Crippen LogP contribution is 2.28. The zero-order valence-corrected chi connectivity index (χ0v) is 15.6. The lowest BCUT2D eigenvalue weighted by molar-refractivity contribution is -0.119. The topological polar surface area (TPSA) is 149 Å². The quantitative estimate of drug-likeness (QED) is 0.531. The summed E-state index contributed by atoms with van der Waals surface area (Å²) < 4.78 is 0. The number of primary amides is 1. The Hall–Kier alpha value is -3.75. The van der Waals surface area contributed by atoms with Crippen molar-refractivity contribution in [2.45, 2.75) is 26.3 Å². The van der Waals surface area contributed by atoms with Crippen LogP contribution in [-0.4, -0.2) is 32.9 Å². The summed E-state index contributed by atoms with van der Waals surface area (Å²) in [6.45, 7) is 3.55. The third-order valence-electron chi connectivity index (χ3n) is 4.33. The van der Waals surface area contributed by atoms with Gasteiger partial charge in [-0.3, -0.25) is 15.1 Å². The second-order valence-corrected chi connectivity index (χ2v) is 6.29. The smallest absolute Gasteiger partial charge is 0.321 e. The monoisotopic (exact) mass is 379 g/mol. The molecule has 3 heterocycles. The van der Waals surface area contributed by atoms with E-state index in [1.54, 1.807) is 24.7 Å². The van der Waals surface area contributed by atoms with E-state index in [9.17, 15) is 9.59 Å². The molecule has 3 rings (SSSR count). The van der Waals surface area contributed by atoms with Crippen LogP contribution in [0.3, 0.4) is 0 Å². The van der Waals surface area contributed by atoms with Crippen LogP contribution in [0.4, 0.5) is 16.4 Å². The van der Waals surface area contributed by atoms with Crippen molar-refractivity contribution in [1.29, 1.82) is 0 Å². The number of nitrogens with zero attached hydrogens (tertiary/aromatic N) is 3. The molecule has 3 aromatic rings. The normalized spacial score (nSPS) is 11.8. The first-order valence-electron chi connectivity index (χ1n) is 8.75. The Morgan fingerprint density at radius 3 is 2.75 bits per heavy atom. The molecule has 0 aliphatic rings. The Balaban J connectivity index is 1.95. The van der Waals surface area contributed by atoms with Crippen LogP contribution in [-0.2, 0) is 11.2 Å². The van der Waals surface area contributed by atoms with Crippen LogP contribution in [0, 0.1) is 0 Å². The maximum absolute atomic E-state index is 12.0. The zero-order chi connectivity index (χ0) is 20.3. The van der Waals surface area contributed by atoms with E-state index < -0.39 is 18.0 Å². The molecule has 0 aromatic carbocycles. The van der Waals surface area contributed by atoms with Crippen molar-refractivity contribution in [2.75, 3.05) is 11.1 Å². The van der Waals surface area contributed by atoms with Gasteiger partial charge in [-0.1, -0.05) is 6.92 Å². The number of rotatable bonds is 5. The van der Waals surface area contributed by atoms with Gasteiger partial charge in [0.2, 0.25) is 5.91 Å². The molecular formula is C19H21N7O2. The summed E-state index contributed by atoms with van der Waals surface area (Å²) in [6.07, 6.45) is 5.87. The Morgan fingerprint density at radius 2 is 2.04 bits per heavy atom. The van der Waals surface area contributed by atoms with Crippen LogP contribution in [0.25, 0.3) is 22.0 Å². The van der Waals surface area contributed by atoms with Gasteiger partial charge in [0, 0.05) is 29.5 Å². The van der Waals surface area contributed by atoms with Crippen molar-refractivity contribution in [3.63, 3.8) is 0 Å². The van der Waals surface area contributed by atoms with Gasteiger partial charge in [-0.2, -0.15) is 0 Å². The first-order valence-corrected chi connectivity index (χ1v) is 8.75. The molecule has 0 aliphatic carbocycles. The molecule has 0 unspecified atom stereocenters. The lowest BCUT2D eigenvalue weighted by Crippen LogP contribution is -2.44. The predicted octanol–water partition coefficient (Wildman–Crippen LogP) is 1.83. The Morgan fingerprint density at radius 1 is 1.25 bits per heavy atom.